The normalized spacial score (nSPS) is 16.1. The van der Waals surface area contributed by atoms with E-state index >= 15 is 0 Å². The predicted molar refractivity (Wildman–Crippen MR) is 81.7 cm³/mol. The highest BCUT2D eigenvalue weighted by Gasteiger charge is 2.29. The van der Waals surface area contributed by atoms with E-state index in [-0.39, 0.29) is 17.7 Å². The third kappa shape index (κ3) is 4.27. The first kappa shape index (κ1) is 15.9. The van der Waals surface area contributed by atoms with Crippen molar-refractivity contribution < 1.29 is 8.78 Å². The van der Waals surface area contributed by atoms with Crippen molar-refractivity contribution in [3.05, 3.63) is 17.7 Å². The molecule has 1 aliphatic carbocycles. The van der Waals surface area contributed by atoms with Gasteiger partial charge in [0.25, 0.3) is 0 Å². The third-order valence-electron chi connectivity index (χ3n) is 3.85. The van der Waals surface area contributed by atoms with Gasteiger partial charge in [0, 0.05) is 31.2 Å². The standard InChI is InChI=1S/C15H24F2N4/c1-4-7-18-14-12(16)8-13(17)15(20-14)19-9-10(2)21(3)11-5-6-11/h8,10-11H,4-7,9H2,1-3H3,(H2,18,19,20). The second-order valence-corrected chi connectivity index (χ2v) is 5.70. The molecule has 1 saturated carbocycles. The van der Waals surface area contributed by atoms with Crippen LogP contribution in [0.5, 0.6) is 0 Å². The van der Waals surface area contributed by atoms with Crippen LogP contribution in [0.25, 0.3) is 0 Å². The van der Waals surface area contributed by atoms with Gasteiger partial charge in [-0.05, 0) is 33.2 Å². The highest BCUT2D eigenvalue weighted by atomic mass is 19.1. The molecule has 6 heteroatoms. The highest BCUT2D eigenvalue weighted by Crippen LogP contribution is 2.27. The van der Waals surface area contributed by atoms with Gasteiger partial charge in [0.05, 0.1) is 0 Å². The Morgan fingerprint density at radius 1 is 1.29 bits per heavy atom. The molecule has 1 atom stereocenters. The van der Waals surface area contributed by atoms with Crippen molar-refractivity contribution in [2.75, 3.05) is 30.8 Å². The third-order valence-corrected chi connectivity index (χ3v) is 3.85. The Balaban J connectivity index is 1.97. The summed E-state index contributed by atoms with van der Waals surface area (Å²) in [6, 6.07) is 1.80. The molecule has 0 aromatic carbocycles. The molecule has 0 spiro atoms. The van der Waals surface area contributed by atoms with E-state index < -0.39 is 11.6 Å². The first-order valence-electron chi connectivity index (χ1n) is 7.58. The second-order valence-electron chi connectivity index (χ2n) is 5.70. The number of aromatic nitrogens is 1. The summed E-state index contributed by atoms with van der Waals surface area (Å²) in [7, 11) is 2.08. The number of hydrogen-bond donors (Lipinski definition) is 2. The monoisotopic (exact) mass is 298 g/mol. The van der Waals surface area contributed by atoms with E-state index in [4.69, 9.17) is 0 Å². The van der Waals surface area contributed by atoms with Crippen LogP contribution in [-0.4, -0.2) is 42.1 Å². The van der Waals surface area contributed by atoms with Crippen LogP contribution in [0.3, 0.4) is 0 Å². The maximum atomic E-state index is 13.8. The molecule has 0 amide bonds. The lowest BCUT2D eigenvalue weighted by Gasteiger charge is -2.25. The molecule has 2 N–H and O–H groups in total. The van der Waals surface area contributed by atoms with Gasteiger partial charge < -0.3 is 10.6 Å². The SMILES string of the molecule is CCCNc1nc(NCC(C)N(C)C2CC2)c(F)cc1F. The fourth-order valence-electron chi connectivity index (χ4n) is 2.19. The van der Waals surface area contributed by atoms with Crippen LogP contribution in [0.4, 0.5) is 20.4 Å². The quantitative estimate of drug-likeness (QED) is 0.774. The molecular weight excluding hydrogens is 274 g/mol. The van der Waals surface area contributed by atoms with Crippen LogP contribution in [-0.2, 0) is 0 Å². The predicted octanol–water partition coefficient (Wildman–Crippen LogP) is 3.08. The zero-order valence-electron chi connectivity index (χ0n) is 12.9. The maximum absolute atomic E-state index is 13.8. The molecule has 0 aliphatic heterocycles. The Morgan fingerprint density at radius 3 is 2.48 bits per heavy atom. The van der Waals surface area contributed by atoms with Crippen LogP contribution >= 0.6 is 0 Å². The van der Waals surface area contributed by atoms with E-state index in [1.54, 1.807) is 0 Å². The molecule has 118 valence electrons. The lowest BCUT2D eigenvalue weighted by Crippen LogP contribution is -2.36. The number of hydrogen-bond acceptors (Lipinski definition) is 4. The molecule has 4 nitrogen and oxygen atoms in total. The van der Waals surface area contributed by atoms with E-state index in [2.05, 4.69) is 34.5 Å². The van der Waals surface area contributed by atoms with Crippen molar-refractivity contribution in [3.8, 4) is 0 Å². The number of nitrogens with one attached hydrogen (secondary N) is 2. The van der Waals surface area contributed by atoms with Crippen molar-refractivity contribution in [1.29, 1.82) is 0 Å². The first-order chi connectivity index (χ1) is 10.0. The molecule has 0 radical (unpaired) electrons. The van der Waals surface area contributed by atoms with Gasteiger partial charge in [-0.15, -0.1) is 0 Å². The van der Waals surface area contributed by atoms with Crippen LogP contribution < -0.4 is 10.6 Å². The van der Waals surface area contributed by atoms with Crippen molar-refractivity contribution in [1.82, 2.24) is 9.88 Å². The molecule has 2 rings (SSSR count). The van der Waals surface area contributed by atoms with E-state index in [1.165, 1.54) is 12.8 Å². The number of anilines is 2. The number of likely N-dealkylation sites (N-methyl/N-ethyl adjacent to an activating group) is 1. The minimum absolute atomic E-state index is 0.101. The van der Waals surface area contributed by atoms with Crippen molar-refractivity contribution in [3.63, 3.8) is 0 Å². The zero-order valence-corrected chi connectivity index (χ0v) is 12.9. The van der Waals surface area contributed by atoms with Gasteiger partial charge in [-0.25, -0.2) is 13.8 Å². The second kappa shape index (κ2) is 7.02. The van der Waals surface area contributed by atoms with Gasteiger partial charge in [0.1, 0.15) is 0 Å². The van der Waals surface area contributed by atoms with Gasteiger partial charge in [-0.2, -0.15) is 0 Å². The summed E-state index contributed by atoms with van der Waals surface area (Å²) < 4.78 is 27.4. The van der Waals surface area contributed by atoms with Crippen LogP contribution in [0.15, 0.2) is 6.07 Å². The molecule has 1 aromatic heterocycles. The van der Waals surface area contributed by atoms with E-state index in [9.17, 15) is 8.78 Å². The minimum Gasteiger partial charge on any atom is -0.368 e. The molecular formula is C15H24F2N4. The summed E-state index contributed by atoms with van der Waals surface area (Å²) in [5.41, 5.74) is 0. The van der Waals surface area contributed by atoms with Gasteiger partial charge in [-0.1, -0.05) is 6.92 Å². The van der Waals surface area contributed by atoms with Gasteiger partial charge in [-0.3, -0.25) is 4.90 Å². The molecule has 0 bridgehead atoms. The fourth-order valence-corrected chi connectivity index (χ4v) is 2.19. The number of rotatable bonds is 8. The smallest absolute Gasteiger partial charge is 0.168 e. The first-order valence-corrected chi connectivity index (χ1v) is 7.58. The molecule has 1 unspecified atom stereocenters. The van der Waals surface area contributed by atoms with Crippen LogP contribution in [0.1, 0.15) is 33.1 Å². The summed E-state index contributed by atoms with van der Waals surface area (Å²) in [6.45, 7) is 5.25. The Hall–Kier alpha value is -1.43. The molecule has 1 aliphatic rings. The molecule has 1 aromatic rings. The van der Waals surface area contributed by atoms with E-state index in [1.807, 2.05) is 6.92 Å². The van der Waals surface area contributed by atoms with Crippen LogP contribution in [0, 0.1) is 11.6 Å². The zero-order chi connectivity index (χ0) is 15.4. The lowest BCUT2D eigenvalue weighted by molar-refractivity contribution is 0.257. The number of nitrogens with zero attached hydrogens (tertiary/aromatic N) is 2. The van der Waals surface area contributed by atoms with Crippen molar-refractivity contribution >= 4 is 11.6 Å². The Kier molecular flexibility index (Phi) is 5.33. The summed E-state index contributed by atoms with van der Waals surface area (Å²) in [4.78, 5) is 6.29. The van der Waals surface area contributed by atoms with Gasteiger partial charge >= 0.3 is 0 Å². The maximum Gasteiger partial charge on any atom is 0.168 e. The highest BCUT2D eigenvalue weighted by molar-refractivity contribution is 5.47. The lowest BCUT2D eigenvalue weighted by atomic mass is 10.3. The molecule has 1 fully saturated rings. The van der Waals surface area contributed by atoms with E-state index in [0.29, 0.717) is 19.1 Å². The summed E-state index contributed by atoms with van der Waals surface area (Å²) in [6.07, 6.45) is 3.31. The number of halogens is 2. The molecule has 21 heavy (non-hydrogen) atoms. The topological polar surface area (TPSA) is 40.2 Å². The minimum atomic E-state index is -0.658. The number of pyridine rings is 1. The van der Waals surface area contributed by atoms with Crippen molar-refractivity contribution in [2.45, 2.75) is 45.2 Å². The summed E-state index contributed by atoms with van der Waals surface area (Å²) in [5.74, 6) is -1.11. The van der Waals surface area contributed by atoms with Crippen LogP contribution in [0.2, 0.25) is 0 Å². The fraction of sp³-hybridized carbons (Fsp3) is 0.667. The largest absolute Gasteiger partial charge is 0.368 e. The van der Waals surface area contributed by atoms with E-state index in [0.717, 1.165) is 12.5 Å². The Morgan fingerprint density at radius 2 is 1.90 bits per heavy atom. The Bertz CT molecular complexity index is 477. The summed E-state index contributed by atoms with van der Waals surface area (Å²) in [5, 5.41) is 5.85. The molecule has 0 saturated heterocycles. The van der Waals surface area contributed by atoms with Crippen molar-refractivity contribution in [2.24, 2.45) is 0 Å². The summed E-state index contributed by atoms with van der Waals surface area (Å²) >= 11 is 0. The van der Waals surface area contributed by atoms with Gasteiger partial charge in [0.2, 0.25) is 0 Å². The molecule has 1 heterocycles. The van der Waals surface area contributed by atoms with Gasteiger partial charge in [0.15, 0.2) is 23.3 Å². The average Bonchev–Trinajstić information content (AvgIpc) is 3.28. The average molecular weight is 298 g/mol. The Labute approximate surface area is 124 Å².